The highest BCUT2D eigenvalue weighted by atomic mass is 16.7. The van der Waals surface area contributed by atoms with Gasteiger partial charge in [-0.15, -0.1) is 0 Å². The number of ether oxygens (including phenoxy) is 3. The maximum absolute atomic E-state index is 11.7. The van der Waals surface area contributed by atoms with Gasteiger partial charge in [-0.25, -0.2) is 9.59 Å². The molecule has 1 saturated heterocycles. The summed E-state index contributed by atoms with van der Waals surface area (Å²) in [4.78, 5) is 34.7. The summed E-state index contributed by atoms with van der Waals surface area (Å²) in [5.74, 6) is 0.133. The fraction of sp³-hybridized carbons (Fsp3) is 0.529. The zero-order valence-electron chi connectivity index (χ0n) is 15.6. The highest BCUT2D eigenvalue weighted by Gasteiger charge is 2.36. The second kappa shape index (κ2) is 9.02. The van der Waals surface area contributed by atoms with E-state index in [1.165, 1.54) is 29.2 Å². The molecule has 1 fully saturated rings. The normalized spacial score (nSPS) is 13.7. The van der Waals surface area contributed by atoms with E-state index in [-0.39, 0.29) is 24.5 Å². The Hall–Kier alpha value is -2.84. The lowest BCUT2D eigenvalue weighted by Gasteiger charge is -2.38. The molecule has 1 aliphatic rings. The van der Waals surface area contributed by atoms with Gasteiger partial charge in [0.15, 0.2) is 0 Å². The predicted molar refractivity (Wildman–Crippen MR) is 93.1 cm³/mol. The molecule has 0 N–H and O–H groups in total. The third-order valence-corrected chi connectivity index (χ3v) is 3.01. The van der Waals surface area contributed by atoms with Crippen LogP contribution in [0, 0.1) is 10.1 Å². The predicted octanol–water partition coefficient (Wildman–Crippen LogP) is 3.76. The molecule has 144 valence electrons. The highest BCUT2D eigenvalue weighted by Crippen LogP contribution is 2.20. The van der Waals surface area contributed by atoms with Crippen molar-refractivity contribution in [2.75, 3.05) is 13.1 Å². The summed E-state index contributed by atoms with van der Waals surface area (Å²) in [6, 6.07) is 5.03. The summed E-state index contributed by atoms with van der Waals surface area (Å²) in [6.07, 6.45) is -1.87. The van der Waals surface area contributed by atoms with Crippen LogP contribution in [0.3, 0.4) is 0 Å². The van der Waals surface area contributed by atoms with Gasteiger partial charge in [0, 0.05) is 12.1 Å². The summed E-state index contributed by atoms with van der Waals surface area (Å²) < 4.78 is 15.1. The Balaban J connectivity index is 0.00000163. The molecule has 0 aromatic heterocycles. The quantitative estimate of drug-likeness (QED) is 0.346. The number of nitrogens with zero attached hydrogens (tertiary/aromatic N) is 2. The van der Waals surface area contributed by atoms with Crippen LogP contribution in [0.4, 0.5) is 15.3 Å². The Kier molecular flexibility index (Phi) is 7.36. The number of nitro benzene ring substituents is 1. The molecule has 2 rings (SSSR count). The van der Waals surface area contributed by atoms with E-state index in [0.29, 0.717) is 0 Å². The molecular weight excluding hydrogens is 344 g/mol. The van der Waals surface area contributed by atoms with Crippen LogP contribution in [0.2, 0.25) is 0 Å². The first-order valence-electron chi connectivity index (χ1n) is 8.25. The molecule has 0 radical (unpaired) electrons. The van der Waals surface area contributed by atoms with E-state index < -0.39 is 28.9 Å². The van der Waals surface area contributed by atoms with Crippen LogP contribution in [0.1, 0.15) is 34.6 Å². The second-order valence-electron chi connectivity index (χ2n) is 6.23. The van der Waals surface area contributed by atoms with E-state index in [9.17, 15) is 19.7 Å². The Morgan fingerprint density at radius 3 is 2.15 bits per heavy atom. The van der Waals surface area contributed by atoms with E-state index in [0.717, 1.165) is 0 Å². The van der Waals surface area contributed by atoms with Crippen LogP contribution in [-0.4, -0.2) is 46.9 Å². The number of carbonyl (C=O) groups is 2. The zero-order valence-corrected chi connectivity index (χ0v) is 15.6. The van der Waals surface area contributed by atoms with Crippen LogP contribution < -0.4 is 4.74 Å². The van der Waals surface area contributed by atoms with Crippen molar-refractivity contribution in [3.63, 3.8) is 0 Å². The van der Waals surface area contributed by atoms with Gasteiger partial charge in [-0.3, -0.25) is 10.1 Å². The average molecular weight is 368 g/mol. The van der Waals surface area contributed by atoms with E-state index in [4.69, 9.17) is 14.2 Å². The van der Waals surface area contributed by atoms with Crippen LogP contribution in [-0.2, 0) is 9.47 Å². The van der Waals surface area contributed by atoms with Crippen molar-refractivity contribution in [1.82, 2.24) is 4.90 Å². The monoisotopic (exact) mass is 368 g/mol. The largest absolute Gasteiger partial charge is 0.514 e. The van der Waals surface area contributed by atoms with Crippen molar-refractivity contribution in [3.05, 3.63) is 34.4 Å². The van der Waals surface area contributed by atoms with Crippen molar-refractivity contribution in [3.8, 4) is 5.75 Å². The molecular formula is C17H24N2O7. The molecule has 1 aromatic carbocycles. The molecule has 0 atom stereocenters. The fourth-order valence-electron chi connectivity index (χ4n) is 1.88. The smallest absolute Gasteiger partial charge is 0.444 e. The number of rotatable bonds is 3. The molecule has 9 heteroatoms. The van der Waals surface area contributed by atoms with Crippen molar-refractivity contribution >= 4 is 17.9 Å². The van der Waals surface area contributed by atoms with E-state index in [1.807, 2.05) is 13.8 Å². The van der Waals surface area contributed by atoms with Crippen LogP contribution in [0.15, 0.2) is 24.3 Å². The van der Waals surface area contributed by atoms with Gasteiger partial charge in [0.25, 0.3) is 5.69 Å². The van der Waals surface area contributed by atoms with Crippen LogP contribution in [0.25, 0.3) is 0 Å². The number of carbonyl (C=O) groups excluding carboxylic acids is 2. The van der Waals surface area contributed by atoms with E-state index in [2.05, 4.69) is 0 Å². The minimum Gasteiger partial charge on any atom is -0.444 e. The number of hydrogen-bond donors (Lipinski definition) is 0. The van der Waals surface area contributed by atoms with Gasteiger partial charge < -0.3 is 19.1 Å². The Morgan fingerprint density at radius 1 is 1.15 bits per heavy atom. The number of amides is 1. The van der Waals surface area contributed by atoms with Crippen LogP contribution >= 0.6 is 0 Å². The SMILES string of the molecule is CC.CC(C)(C)OC(=O)N1CC(OC(=O)Oc2ccc([N+](=O)[O-])cc2)C1. The lowest BCUT2D eigenvalue weighted by Crippen LogP contribution is -2.56. The Morgan fingerprint density at radius 2 is 1.69 bits per heavy atom. The molecule has 0 bridgehead atoms. The maximum Gasteiger partial charge on any atom is 0.514 e. The topological polar surface area (TPSA) is 108 Å². The molecule has 9 nitrogen and oxygen atoms in total. The van der Waals surface area contributed by atoms with Gasteiger partial charge in [0.1, 0.15) is 17.5 Å². The van der Waals surface area contributed by atoms with Gasteiger partial charge >= 0.3 is 12.2 Å². The summed E-state index contributed by atoms with van der Waals surface area (Å²) in [5, 5.41) is 10.5. The summed E-state index contributed by atoms with van der Waals surface area (Å²) >= 11 is 0. The first-order chi connectivity index (χ1) is 12.1. The highest BCUT2D eigenvalue weighted by molar-refractivity contribution is 5.70. The molecule has 1 heterocycles. The average Bonchev–Trinajstić information content (AvgIpc) is 2.51. The Labute approximate surface area is 152 Å². The van der Waals surface area contributed by atoms with E-state index >= 15 is 0 Å². The van der Waals surface area contributed by atoms with Gasteiger partial charge in [-0.2, -0.15) is 0 Å². The number of likely N-dealkylation sites (tertiary alicyclic amines) is 1. The Bertz CT molecular complexity index is 632. The van der Waals surface area contributed by atoms with E-state index in [1.54, 1.807) is 20.8 Å². The fourth-order valence-corrected chi connectivity index (χ4v) is 1.88. The first-order valence-corrected chi connectivity index (χ1v) is 8.25. The minimum absolute atomic E-state index is 0.109. The lowest BCUT2D eigenvalue weighted by molar-refractivity contribution is -0.384. The standard InChI is InChI=1S/C15H18N2O7.C2H6/c1-15(2,3)24-13(18)16-8-12(9-16)23-14(19)22-11-6-4-10(5-7-11)17(20)21;1-2/h4-7,12H,8-9H2,1-3H3;1-2H3. The molecule has 0 aliphatic carbocycles. The molecule has 0 spiro atoms. The van der Waals surface area contributed by atoms with Gasteiger partial charge in [-0.05, 0) is 32.9 Å². The first kappa shape index (κ1) is 21.2. The molecule has 26 heavy (non-hydrogen) atoms. The van der Waals surface area contributed by atoms with Crippen molar-refractivity contribution in [2.24, 2.45) is 0 Å². The molecule has 1 aromatic rings. The summed E-state index contributed by atoms with van der Waals surface area (Å²) in [5.41, 5.74) is -0.694. The molecule has 0 saturated carbocycles. The van der Waals surface area contributed by atoms with Gasteiger partial charge in [0.2, 0.25) is 0 Å². The van der Waals surface area contributed by atoms with Crippen molar-refractivity contribution in [1.29, 1.82) is 0 Å². The minimum atomic E-state index is -0.933. The lowest BCUT2D eigenvalue weighted by atomic mass is 10.2. The molecule has 1 aliphatic heterocycles. The third kappa shape index (κ3) is 6.58. The number of nitro groups is 1. The third-order valence-electron chi connectivity index (χ3n) is 3.01. The van der Waals surface area contributed by atoms with Crippen molar-refractivity contribution in [2.45, 2.75) is 46.3 Å². The second-order valence-corrected chi connectivity index (χ2v) is 6.23. The summed E-state index contributed by atoms with van der Waals surface area (Å²) in [6.45, 7) is 9.75. The summed E-state index contributed by atoms with van der Waals surface area (Å²) in [7, 11) is 0. The molecule has 1 amide bonds. The van der Waals surface area contributed by atoms with Crippen LogP contribution in [0.5, 0.6) is 5.75 Å². The number of hydrogen-bond acceptors (Lipinski definition) is 7. The number of non-ortho nitro benzene ring substituents is 1. The van der Waals surface area contributed by atoms with Crippen molar-refractivity contribution < 1.29 is 28.7 Å². The maximum atomic E-state index is 11.7. The van der Waals surface area contributed by atoms with Gasteiger partial charge in [0.05, 0.1) is 18.0 Å². The molecule has 0 unspecified atom stereocenters. The van der Waals surface area contributed by atoms with Gasteiger partial charge in [-0.1, -0.05) is 13.8 Å². The zero-order chi connectivity index (χ0) is 19.9. The number of benzene rings is 1.